The molecule has 2 aromatic carbocycles. The predicted molar refractivity (Wildman–Crippen MR) is 86.3 cm³/mol. The van der Waals surface area contributed by atoms with Crippen LogP contribution >= 0.6 is 0 Å². The Bertz CT molecular complexity index is 738. The van der Waals surface area contributed by atoms with Crippen molar-refractivity contribution in [3.63, 3.8) is 0 Å². The van der Waals surface area contributed by atoms with Gasteiger partial charge in [-0.1, -0.05) is 18.2 Å². The number of hydrogen-bond acceptors (Lipinski definition) is 3. The third-order valence-corrected chi connectivity index (χ3v) is 3.94. The van der Waals surface area contributed by atoms with Crippen LogP contribution in [0.4, 0.5) is 4.79 Å². The first kappa shape index (κ1) is 15.1. The number of amides is 2. The molecule has 1 aliphatic carbocycles. The highest BCUT2D eigenvalue weighted by atomic mass is 16.5. The van der Waals surface area contributed by atoms with Gasteiger partial charge in [0.05, 0.1) is 5.56 Å². The van der Waals surface area contributed by atoms with Gasteiger partial charge in [0.25, 0.3) is 0 Å². The minimum Gasteiger partial charge on any atom is -0.423 e. The van der Waals surface area contributed by atoms with Gasteiger partial charge in [-0.3, -0.25) is 0 Å². The summed E-state index contributed by atoms with van der Waals surface area (Å²) in [5.41, 5.74) is 8.95. The fraction of sp³-hybridized carbons (Fsp3) is 0.222. The number of rotatable bonds is 4. The molecule has 0 spiro atoms. The van der Waals surface area contributed by atoms with Gasteiger partial charge in [0, 0.05) is 6.54 Å². The van der Waals surface area contributed by atoms with Crippen LogP contribution in [0.1, 0.15) is 33.5 Å². The van der Waals surface area contributed by atoms with Crippen LogP contribution in [0.3, 0.4) is 0 Å². The van der Waals surface area contributed by atoms with Crippen molar-refractivity contribution in [3.8, 4) is 5.75 Å². The summed E-state index contributed by atoms with van der Waals surface area (Å²) in [5, 5.41) is 2.50. The Morgan fingerprint density at radius 1 is 1.04 bits per heavy atom. The zero-order chi connectivity index (χ0) is 16.2. The SMILES string of the molecule is NC(=O)NCc1ccc(C(=O)Oc2ccc3c(c2)CCC3)cc1. The molecule has 0 aliphatic heterocycles. The molecule has 1 aliphatic rings. The van der Waals surface area contributed by atoms with E-state index in [1.54, 1.807) is 24.3 Å². The van der Waals surface area contributed by atoms with Gasteiger partial charge in [0.2, 0.25) is 0 Å². The van der Waals surface area contributed by atoms with E-state index in [0.29, 0.717) is 17.9 Å². The molecular formula is C18H18N2O3. The molecule has 3 rings (SSSR count). The Hall–Kier alpha value is -2.82. The first-order valence-electron chi connectivity index (χ1n) is 7.58. The molecule has 2 aromatic rings. The first-order chi connectivity index (χ1) is 11.1. The van der Waals surface area contributed by atoms with Crippen molar-refractivity contribution in [2.24, 2.45) is 5.73 Å². The number of fused-ring (bicyclic) bond motifs is 1. The van der Waals surface area contributed by atoms with E-state index in [2.05, 4.69) is 5.32 Å². The third-order valence-electron chi connectivity index (χ3n) is 3.94. The average Bonchev–Trinajstić information content (AvgIpc) is 3.01. The highest BCUT2D eigenvalue weighted by molar-refractivity contribution is 5.91. The molecular weight excluding hydrogens is 292 g/mol. The number of carbonyl (C=O) groups excluding carboxylic acids is 2. The van der Waals surface area contributed by atoms with Crippen molar-refractivity contribution in [1.29, 1.82) is 0 Å². The van der Waals surface area contributed by atoms with Crippen molar-refractivity contribution in [3.05, 3.63) is 64.7 Å². The smallest absolute Gasteiger partial charge is 0.343 e. The van der Waals surface area contributed by atoms with E-state index in [9.17, 15) is 9.59 Å². The van der Waals surface area contributed by atoms with E-state index in [4.69, 9.17) is 10.5 Å². The van der Waals surface area contributed by atoms with Crippen molar-refractivity contribution in [2.75, 3.05) is 0 Å². The molecule has 0 radical (unpaired) electrons. The van der Waals surface area contributed by atoms with Gasteiger partial charge < -0.3 is 15.8 Å². The summed E-state index contributed by atoms with van der Waals surface area (Å²) >= 11 is 0. The van der Waals surface area contributed by atoms with Gasteiger partial charge in [-0.25, -0.2) is 9.59 Å². The molecule has 0 saturated carbocycles. The Morgan fingerprint density at radius 3 is 2.52 bits per heavy atom. The maximum Gasteiger partial charge on any atom is 0.343 e. The van der Waals surface area contributed by atoms with E-state index in [-0.39, 0.29) is 0 Å². The summed E-state index contributed by atoms with van der Waals surface area (Å²) in [5.74, 6) is 0.187. The van der Waals surface area contributed by atoms with Gasteiger partial charge in [-0.2, -0.15) is 0 Å². The normalized spacial score (nSPS) is 12.5. The molecule has 0 bridgehead atoms. The summed E-state index contributed by atoms with van der Waals surface area (Å²) in [6.07, 6.45) is 3.31. The lowest BCUT2D eigenvalue weighted by atomic mass is 10.1. The molecule has 0 atom stereocenters. The number of primary amides is 1. The van der Waals surface area contributed by atoms with Crippen molar-refractivity contribution < 1.29 is 14.3 Å². The van der Waals surface area contributed by atoms with Gasteiger partial charge in [-0.05, 0) is 60.2 Å². The molecule has 2 amide bonds. The molecule has 23 heavy (non-hydrogen) atoms. The number of nitrogens with one attached hydrogen (secondary N) is 1. The topological polar surface area (TPSA) is 81.4 Å². The Morgan fingerprint density at radius 2 is 1.78 bits per heavy atom. The van der Waals surface area contributed by atoms with Crippen LogP contribution in [0.2, 0.25) is 0 Å². The first-order valence-corrected chi connectivity index (χ1v) is 7.58. The standard InChI is InChI=1S/C18H18N2O3/c19-18(22)20-11-12-4-6-14(7-5-12)17(21)23-16-9-8-13-2-1-3-15(13)10-16/h4-10H,1-3,11H2,(H3,19,20,22). The Labute approximate surface area is 134 Å². The number of aryl methyl sites for hydroxylation is 2. The quantitative estimate of drug-likeness (QED) is 0.672. The van der Waals surface area contributed by atoms with Gasteiger partial charge >= 0.3 is 12.0 Å². The molecule has 0 aromatic heterocycles. The van der Waals surface area contributed by atoms with Crippen LogP contribution in [0.25, 0.3) is 0 Å². The monoisotopic (exact) mass is 310 g/mol. The zero-order valence-electron chi connectivity index (χ0n) is 12.7. The maximum atomic E-state index is 12.2. The number of hydrogen-bond donors (Lipinski definition) is 2. The minimum absolute atomic E-state index is 0.329. The number of urea groups is 1. The minimum atomic E-state index is -0.579. The fourth-order valence-electron chi connectivity index (χ4n) is 2.73. The second kappa shape index (κ2) is 6.52. The molecule has 0 heterocycles. The highest BCUT2D eigenvalue weighted by Gasteiger charge is 2.14. The van der Waals surface area contributed by atoms with Crippen LogP contribution < -0.4 is 15.8 Å². The Kier molecular flexibility index (Phi) is 4.28. The fourth-order valence-corrected chi connectivity index (χ4v) is 2.73. The number of nitrogens with two attached hydrogens (primary N) is 1. The lowest BCUT2D eigenvalue weighted by Crippen LogP contribution is -2.28. The molecule has 0 saturated heterocycles. The van der Waals surface area contributed by atoms with E-state index < -0.39 is 12.0 Å². The largest absolute Gasteiger partial charge is 0.423 e. The number of ether oxygens (including phenoxy) is 1. The molecule has 118 valence electrons. The molecule has 5 heteroatoms. The van der Waals surface area contributed by atoms with Crippen molar-refractivity contribution >= 4 is 12.0 Å². The Balaban J connectivity index is 1.65. The van der Waals surface area contributed by atoms with Crippen LogP contribution in [-0.2, 0) is 19.4 Å². The van der Waals surface area contributed by atoms with E-state index in [1.807, 2.05) is 18.2 Å². The van der Waals surface area contributed by atoms with Crippen LogP contribution in [0, 0.1) is 0 Å². The molecule has 3 N–H and O–H groups in total. The predicted octanol–water partition coefficient (Wildman–Crippen LogP) is 2.56. The van der Waals surface area contributed by atoms with Crippen LogP contribution in [0.15, 0.2) is 42.5 Å². The van der Waals surface area contributed by atoms with Gasteiger partial charge in [0.15, 0.2) is 0 Å². The summed E-state index contributed by atoms with van der Waals surface area (Å²) in [4.78, 5) is 22.8. The number of esters is 1. The van der Waals surface area contributed by atoms with Crippen LogP contribution in [0.5, 0.6) is 5.75 Å². The summed E-state index contributed by atoms with van der Waals surface area (Å²) in [7, 11) is 0. The summed E-state index contributed by atoms with van der Waals surface area (Å²) in [6, 6.07) is 12.1. The lowest BCUT2D eigenvalue weighted by molar-refractivity contribution is 0.0734. The summed E-state index contributed by atoms with van der Waals surface area (Å²) in [6.45, 7) is 0.329. The average molecular weight is 310 g/mol. The number of carbonyl (C=O) groups is 2. The molecule has 5 nitrogen and oxygen atoms in total. The second-order valence-electron chi connectivity index (χ2n) is 5.59. The summed E-state index contributed by atoms with van der Waals surface area (Å²) < 4.78 is 5.44. The van der Waals surface area contributed by atoms with Crippen molar-refractivity contribution in [1.82, 2.24) is 5.32 Å². The maximum absolute atomic E-state index is 12.2. The van der Waals surface area contributed by atoms with Gasteiger partial charge in [0.1, 0.15) is 5.75 Å². The number of benzene rings is 2. The molecule has 0 unspecified atom stereocenters. The van der Waals surface area contributed by atoms with Crippen LogP contribution in [-0.4, -0.2) is 12.0 Å². The lowest BCUT2D eigenvalue weighted by Gasteiger charge is -2.07. The van der Waals surface area contributed by atoms with E-state index >= 15 is 0 Å². The second-order valence-corrected chi connectivity index (χ2v) is 5.59. The third kappa shape index (κ3) is 3.69. The van der Waals surface area contributed by atoms with Crippen molar-refractivity contribution in [2.45, 2.75) is 25.8 Å². The molecule has 0 fully saturated rings. The van der Waals surface area contributed by atoms with Gasteiger partial charge in [-0.15, -0.1) is 0 Å². The van der Waals surface area contributed by atoms with E-state index in [1.165, 1.54) is 11.1 Å². The highest BCUT2D eigenvalue weighted by Crippen LogP contribution is 2.26. The van der Waals surface area contributed by atoms with E-state index in [0.717, 1.165) is 24.8 Å². The zero-order valence-corrected chi connectivity index (χ0v) is 12.7.